The van der Waals surface area contributed by atoms with E-state index in [0.29, 0.717) is 65.9 Å². The highest BCUT2D eigenvalue weighted by Gasteiger charge is 2.15. The Hall–Kier alpha value is -1.26. The van der Waals surface area contributed by atoms with Gasteiger partial charge < -0.3 is 33.2 Å². The van der Waals surface area contributed by atoms with Gasteiger partial charge in [0.1, 0.15) is 18.8 Å². The molecule has 0 amide bonds. The van der Waals surface area contributed by atoms with Gasteiger partial charge in [-0.2, -0.15) is 0 Å². The summed E-state index contributed by atoms with van der Waals surface area (Å²) in [6.07, 6.45) is 1.22. The molecule has 0 fully saturated rings. The first-order chi connectivity index (χ1) is 13.8. The van der Waals surface area contributed by atoms with E-state index in [1.54, 1.807) is 0 Å². The monoisotopic (exact) mass is 422 g/mol. The fraction of sp³-hybridized carbons (Fsp3) is 0.900. The fourth-order valence-electron chi connectivity index (χ4n) is 1.90. The van der Waals surface area contributed by atoms with Gasteiger partial charge in [-0.05, 0) is 27.2 Å². The average Bonchev–Trinajstić information content (AvgIpc) is 2.63. The van der Waals surface area contributed by atoms with Gasteiger partial charge in [-0.25, -0.2) is 4.79 Å². The summed E-state index contributed by atoms with van der Waals surface area (Å²) in [6, 6.07) is 0. The van der Waals surface area contributed by atoms with Gasteiger partial charge >= 0.3 is 11.9 Å². The van der Waals surface area contributed by atoms with Crippen LogP contribution in [0.5, 0.6) is 0 Å². The first kappa shape index (κ1) is 27.7. The summed E-state index contributed by atoms with van der Waals surface area (Å²) in [4.78, 5) is 22.5. The van der Waals surface area contributed by atoms with Crippen LogP contribution >= 0.6 is 0 Å². The van der Waals surface area contributed by atoms with Crippen LogP contribution in [0.4, 0.5) is 0 Å². The van der Waals surface area contributed by atoms with Crippen LogP contribution in [0.15, 0.2) is 0 Å². The minimum Gasteiger partial charge on any atom is -0.463 e. The summed E-state index contributed by atoms with van der Waals surface area (Å²) < 4.78 is 36.6. The average molecular weight is 423 g/mol. The Labute approximate surface area is 174 Å². The molecule has 9 heteroatoms. The van der Waals surface area contributed by atoms with E-state index in [1.165, 1.54) is 0 Å². The van der Waals surface area contributed by atoms with Gasteiger partial charge in [-0.3, -0.25) is 4.79 Å². The molecule has 0 spiro atoms. The molecule has 0 N–H and O–H groups in total. The molecule has 0 heterocycles. The minimum absolute atomic E-state index is 0.0812. The Morgan fingerprint density at radius 3 is 1.45 bits per heavy atom. The molecule has 0 atom stereocenters. The Bertz CT molecular complexity index is 407. The molecule has 172 valence electrons. The number of hydrogen-bond acceptors (Lipinski definition) is 9. The summed E-state index contributed by atoms with van der Waals surface area (Å²) >= 11 is 0. The first-order valence-electron chi connectivity index (χ1n) is 10.1. The van der Waals surface area contributed by atoms with Gasteiger partial charge in [0.15, 0.2) is 0 Å². The van der Waals surface area contributed by atoms with E-state index < -0.39 is 5.60 Å². The summed E-state index contributed by atoms with van der Waals surface area (Å²) in [5, 5.41) is 0. The standard InChI is InChI=1S/C20H38O9/c1-5-6-18(21)28-16-15-26-12-11-24-8-7-23-9-10-25-13-14-27-17-19(22)29-20(2,3)4/h5-17H2,1-4H3. The van der Waals surface area contributed by atoms with E-state index in [4.69, 9.17) is 33.2 Å². The van der Waals surface area contributed by atoms with Crippen molar-refractivity contribution in [3.63, 3.8) is 0 Å². The number of carbonyl (C=O) groups is 2. The molecule has 0 rings (SSSR count). The van der Waals surface area contributed by atoms with Crippen LogP contribution in [-0.4, -0.2) is 90.2 Å². The maximum absolute atomic E-state index is 11.4. The van der Waals surface area contributed by atoms with Crippen molar-refractivity contribution in [1.82, 2.24) is 0 Å². The molecule has 0 unspecified atom stereocenters. The number of rotatable bonds is 19. The number of hydrogen-bond donors (Lipinski definition) is 0. The van der Waals surface area contributed by atoms with E-state index >= 15 is 0 Å². The summed E-state index contributed by atoms with van der Waals surface area (Å²) in [6.45, 7) is 11.3. The van der Waals surface area contributed by atoms with E-state index in [1.807, 2.05) is 27.7 Å². The van der Waals surface area contributed by atoms with Crippen LogP contribution in [0.25, 0.3) is 0 Å². The smallest absolute Gasteiger partial charge is 0.332 e. The molecule has 0 bridgehead atoms. The van der Waals surface area contributed by atoms with Crippen LogP contribution in [0.3, 0.4) is 0 Å². The molecule has 0 aliphatic carbocycles. The molecule has 0 saturated heterocycles. The van der Waals surface area contributed by atoms with Crippen LogP contribution in [-0.2, 0) is 42.7 Å². The Morgan fingerprint density at radius 1 is 0.621 bits per heavy atom. The second kappa shape index (κ2) is 18.7. The number of esters is 2. The molecule has 0 aliphatic rings. The quantitative estimate of drug-likeness (QED) is 0.228. The van der Waals surface area contributed by atoms with Gasteiger partial charge in [-0.15, -0.1) is 0 Å². The zero-order valence-corrected chi connectivity index (χ0v) is 18.4. The molecule has 0 aromatic heterocycles. The summed E-state index contributed by atoms with van der Waals surface area (Å²) in [7, 11) is 0. The molecule has 9 nitrogen and oxygen atoms in total. The zero-order valence-electron chi connectivity index (χ0n) is 18.4. The van der Waals surface area contributed by atoms with E-state index in [9.17, 15) is 9.59 Å². The molecule has 0 radical (unpaired) electrons. The van der Waals surface area contributed by atoms with Crippen molar-refractivity contribution in [2.75, 3.05) is 72.7 Å². The fourth-order valence-corrected chi connectivity index (χ4v) is 1.90. The highest BCUT2D eigenvalue weighted by Crippen LogP contribution is 2.06. The predicted octanol–water partition coefficient (Wildman–Crippen LogP) is 1.75. The zero-order chi connectivity index (χ0) is 21.8. The van der Waals surface area contributed by atoms with Gasteiger partial charge in [0.05, 0.1) is 59.5 Å². The lowest BCUT2D eigenvalue weighted by atomic mass is 10.2. The summed E-state index contributed by atoms with van der Waals surface area (Å²) in [5.74, 6) is -0.580. The van der Waals surface area contributed by atoms with Crippen LogP contribution in [0.1, 0.15) is 40.5 Å². The second-order valence-electron chi connectivity index (χ2n) is 7.06. The normalized spacial score (nSPS) is 11.4. The van der Waals surface area contributed by atoms with E-state index in [0.717, 1.165) is 6.42 Å². The molecule has 0 saturated carbocycles. The van der Waals surface area contributed by atoms with Crippen molar-refractivity contribution < 1.29 is 42.7 Å². The Kier molecular flexibility index (Phi) is 17.9. The van der Waals surface area contributed by atoms with Crippen molar-refractivity contribution in [3.8, 4) is 0 Å². The van der Waals surface area contributed by atoms with Gasteiger partial charge in [0.2, 0.25) is 0 Å². The Morgan fingerprint density at radius 2 is 1.03 bits per heavy atom. The highest BCUT2D eigenvalue weighted by atomic mass is 16.6. The topological polar surface area (TPSA) is 98.8 Å². The maximum atomic E-state index is 11.4. The van der Waals surface area contributed by atoms with Crippen molar-refractivity contribution in [1.29, 1.82) is 0 Å². The van der Waals surface area contributed by atoms with Crippen molar-refractivity contribution >= 4 is 11.9 Å². The molecular weight excluding hydrogens is 384 g/mol. The molecule has 0 aromatic rings. The van der Waals surface area contributed by atoms with Crippen molar-refractivity contribution in [2.24, 2.45) is 0 Å². The minimum atomic E-state index is -0.504. The van der Waals surface area contributed by atoms with E-state index in [-0.39, 0.29) is 25.2 Å². The second-order valence-corrected chi connectivity index (χ2v) is 7.06. The molecular formula is C20H38O9. The predicted molar refractivity (Wildman–Crippen MR) is 106 cm³/mol. The van der Waals surface area contributed by atoms with Gasteiger partial charge in [0.25, 0.3) is 0 Å². The molecule has 29 heavy (non-hydrogen) atoms. The van der Waals surface area contributed by atoms with Gasteiger partial charge in [0, 0.05) is 6.42 Å². The molecule has 0 aromatic carbocycles. The lowest BCUT2D eigenvalue weighted by molar-refractivity contribution is -0.160. The highest BCUT2D eigenvalue weighted by molar-refractivity contribution is 5.71. The first-order valence-corrected chi connectivity index (χ1v) is 10.1. The van der Waals surface area contributed by atoms with Crippen molar-refractivity contribution in [3.05, 3.63) is 0 Å². The number of ether oxygens (including phenoxy) is 7. The third-order valence-corrected chi connectivity index (χ3v) is 3.07. The SMILES string of the molecule is CCCC(=O)OCCOCCOCCOCCOCCOCC(=O)OC(C)(C)C. The maximum Gasteiger partial charge on any atom is 0.332 e. The van der Waals surface area contributed by atoms with Crippen LogP contribution < -0.4 is 0 Å². The lowest BCUT2D eigenvalue weighted by Crippen LogP contribution is -2.27. The number of carbonyl (C=O) groups excluding carboxylic acids is 2. The summed E-state index contributed by atoms with van der Waals surface area (Å²) in [5.41, 5.74) is -0.504. The lowest BCUT2D eigenvalue weighted by Gasteiger charge is -2.19. The largest absolute Gasteiger partial charge is 0.463 e. The van der Waals surface area contributed by atoms with Crippen molar-refractivity contribution in [2.45, 2.75) is 46.1 Å². The van der Waals surface area contributed by atoms with Gasteiger partial charge in [-0.1, -0.05) is 6.92 Å². The molecule has 0 aliphatic heterocycles. The van der Waals surface area contributed by atoms with Crippen LogP contribution in [0.2, 0.25) is 0 Å². The third kappa shape index (κ3) is 22.9. The van der Waals surface area contributed by atoms with E-state index in [2.05, 4.69) is 0 Å². The van der Waals surface area contributed by atoms with Crippen LogP contribution in [0, 0.1) is 0 Å². The third-order valence-electron chi connectivity index (χ3n) is 3.07. The Balaban J connectivity index is 3.17.